The number of para-hydroxylation sites is 1. The number of sulfonamides is 1. The second-order valence-corrected chi connectivity index (χ2v) is 14.2. The quantitative estimate of drug-likeness (QED) is 0.264. The Morgan fingerprint density at radius 1 is 1.15 bits per heavy atom. The number of aromatic nitrogens is 1. The standard InChI is InChI=1S/C35H42N4O7S/c1-23-19-39(24(2)22-40)35(42)18-25-16-27(36-34(41)17-26-20-37(3)31-9-7-6-8-30(26)31)10-15-32(25)46-33(23)21-38(4)47(43,44)29-13-11-28(45-5)12-14-29/h6-16,20,23-24,33,40H,17-19,21-22H2,1-5H3,(H,36,41)/t23-,24-,33-/m1/s1. The summed E-state index contributed by atoms with van der Waals surface area (Å²) in [5.41, 5.74) is 3.00. The van der Waals surface area contributed by atoms with Crippen molar-refractivity contribution in [3.05, 3.63) is 84.1 Å². The number of aryl methyl sites for hydroxylation is 1. The molecule has 0 unspecified atom stereocenters. The van der Waals surface area contributed by atoms with Crippen molar-refractivity contribution in [2.75, 3.05) is 39.2 Å². The van der Waals surface area contributed by atoms with Crippen LogP contribution in [0.3, 0.4) is 0 Å². The van der Waals surface area contributed by atoms with Gasteiger partial charge < -0.3 is 29.4 Å². The molecule has 11 nitrogen and oxygen atoms in total. The maximum Gasteiger partial charge on any atom is 0.242 e. The van der Waals surface area contributed by atoms with Gasteiger partial charge >= 0.3 is 0 Å². The SMILES string of the molecule is COc1ccc(S(=O)(=O)N(C)C[C@H]2Oc3ccc(NC(=O)Cc4cn(C)c5ccccc45)cc3CC(=O)N([C@H](C)CO)C[C@H]2C)cc1. The van der Waals surface area contributed by atoms with Gasteiger partial charge in [-0.3, -0.25) is 9.59 Å². The van der Waals surface area contributed by atoms with Crippen LogP contribution in [0, 0.1) is 5.92 Å². The molecule has 5 rings (SSSR count). The summed E-state index contributed by atoms with van der Waals surface area (Å²) in [6.45, 7) is 3.70. The van der Waals surface area contributed by atoms with E-state index in [0.717, 1.165) is 16.5 Å². The van der Waals surface area contributed by atoms with E-state index >= 15 is 0 Å². The molecular formula is C35H42N4O7S. The molecule has 0 spiro atoms. The molecule has 3 atom stereocenters. The first-order valence-corrected chi connectivity index (χ1v) is 17.0. The molecule has 2 heterocycles. The molecule has 1 aromatic heterocycles. The normalized spacial score (nSPS) is 17.8. The Morgan fingerprint density at radius 3 is 2.57 bits per heavy atom. The average Bonchev–Trinajstić information content (AvgIpc) is 3.39. The van der Waals surface area contributed by atoms with Crippen molar-refractivity contribution in [2.24, 2.45) is 13.0 Å². The van der Waals surface area contributed by atoms with Gasteiger partial charge in [0, 0.05) is 54.9 Å². The highest BCUT2D eigenvalue weighted by molar-refractivity contribution is 7.89. The zero-order chi connectivity index (χ0) is 33.9. The molecule has 3 aromatic carbocycles. The fourth-order valence-corrected chi connectivity index (χ4v) is 7.13. The number of nitrogens with zero attached hydrogens (tertiary/aromatic N) is 3. The van der Waals surface area contributed by atoms with E-state index in [1.165, 1.54) is 30.6 Å². The van der Waals surface area contributed by atoms with Crippen LogP contribution in [0.15, 0.2) is 77.8 Å². The molecule has 0 saturated carbocycles. The number of hydrogen-bond donors (Lipinski definition) is 2. The van der Waals surface area contributed by atoms with Crippen molar-refractivity contribution >= 4 is 38.4 Å². The largest absolute Gasteiger partial charge is 0.497 e. The Hall–Kier alpha value is -4.39. The first-order chi connectivity index (χ1) is 22.4. The van der Waals surface area contributed by atoms with E-state index in [-0.39, 0.29) is 55.2 Å². The number of methoxy groups -OCH3 is 1. The smallest absolute Gasteiger partial charge is 0.242 e. The molecule has 2 N–H and O–H groups in total. The summed E-state index contributed by atoms with van der Waals surface area (Å²) in [6.07, 6.45) is 1.46. The van der Waals surface area contributed by atoms with E-state index in [1.807, 2.05) is 49.0 Å². The molecule has 2 amide bonds. The number of fused-ring (bicyclic) bond motifs is 2. The van der Waals surface area contributed by atoms with E-state index in [1.54, 1.807) is 42.2 Å². The fourth-order valence-electron chi connectivity index (χ4n) is 5.95. The van der Waals surface area contributed by atoms with Crippen molar-refractivity contribution in [2.45, 2.75) is 43.7 Å². The number of rotatable bonds is 10. The Bertz CT molecular complexity index is 1860. The van der Waals surface area contributed by atoms with Crippen molar-refractivity contribution in [1.29, 1.82) is 0 Å². The summed E-state index contributed by atoms with van der Waals surface area (Å²) < 4.78 is 41.9. The summed E-state index contributed by atoms with van der Waals surface area (Å²) in [5.74, 6) is 0.262. The molecule has 250 valence electrons. The average molecular weight is 663 g/mol. The lowest BCUT2D eigenvalue weighted by Gasteiger charge is -2.33. The van der Waals surface area contributed by atoms with E-state index in [2.05, 4.69) is 5.32 Å². The first-order valence-electron chi connectivity index (χ1n) is 15.5. The second-order valence-electron chi connectivity index (χ2n) is 12.2. The van der Waals surface area contributed by atoms with E-state index in [0.29, 0.717) is 22.7 Å². The molecule has 0 fully saturated rings. The number of aliphatic hydroxyl groups excluding tert-OH is 1. The Balaban J connectivity index is 1.40. The number of carbonyl (C=O) groups excluding carboxylic acids is 2. The lowest BCUT2D eigenvalue weighted by atomic mass is 10.0. The monoisotopic (exact) mass is 662 g/mol. The summed E-state index contributed by atoms with van der Waals surface area (Å²) in [4.78, 5) is 28.5. The van der Waals surface area contributed by atoms with Gasteiger partial charge in [-0.15, -0.1) is 0 Å². The van der Waals surface area contributed by atoms with Gasteiger partial charge in [0.25, 0.3) is 0 Å². The Kier molecular flexibility index (Phi) is 10.2. The number of amides is 2. The third-order valence-corrected chi connectivity index (χ3v) is 10.6. The number of anilines is 1. The van der Waals surface area contributed by atoms with Crippen LogP contribution in [0.2, 0.25) is 0 Å². The number of ether oxygens (including phenoxy) is 2. The predicted octanol–water partition coefficient (Wildman–Crippen LogP) is 3.84. The summed E-state index contributed by atoms with van der Waals surface area (Å²) in [7, 11) is 1.08. The van der Waals surface area contributed by atoms with Crippen molar-refractivity contribution < 1.29 is 32.6 Å². The third-order valence-electron chi connectivity index (χ3n) is 8.74. The van der Waals surface area contributed by atoms with Crippen molar-refractivity contribution in [3.8, 4) is 11.5 Å². The Morgan fingerprint density at radius 2 is 1.87 bits per heavy atom. The lowest BCUT2D eigenvalue weighted by Crippen LogP contribution is -2.48. The zero-order valence-corrected chi connectivity index (χ0v) is 28.2. The number of carbonyl (C=O) groups is 2. The van der Waals surface area contributed by atoms with Gasteiger partial charge in [-0.25, -0.2) is 8.42 Å². The molecule has 0 aliphatic carbocycles. The number of hydrogen-bond acceptors (Lipinski definition) is 7. The van der Waals surface area contributed by atoms with Crippen LogP contribution in [0.1, 0.15) is 25.0 Å². The van der Waals surface area contributed by atoms with Gasteiger partial charge in [-0.2, -0.15) is 4.31 Å². The highest BCUT2D eigenvalue weighted by atomic mass is 32.2. The minimum absolute atomic E-state index is 0.00796. The minimum atomic E-state index is -3.87. The topological polar surface area (TPSA) is 130 Å². The molecular weight excluding hydrogens is 620 g/mol. The fraction of sp³-hybridized carbons (Fsp3) is 0.371. The molecule has 0 bridgehead atoms. The van der Waals surface area contributed by atoms with Crippen LogP contribution < -0.4 is 14.8 Å². The van der Waals surface area contributed by atoms with Gasteiger partial charge in [0.1, 0.15) is 17.6 Å². The molecule has 0 saturated heterocycles. The van der Waals surface area contributed by atoms with Gasteiger partial charge in [-0.1, -0.05) is 25.1 Å². The highest BCUT2D eigenvalue weighted by Crippen LogP contribution is 2.30. The van der Waals surface area contributed by atoms with Crippen LogP contribution in [0.5, 0.6) is 11.5 Å². The van der Waals surface area contributed by atoms with Gasteiger partial charge in [-0.05, 0) is 61.0 Å². The molecule has 1 aliphatic heterocycles. The molecule has 47 heavy (non-hydrogen) atoms. The second kappa shape index (κ2) is 14.2. The number of likely N-dealkylation sites (N-methyl/N-ethyl adjacent to an activating group) is 1. The number of aliphatic hydroxyl groups is 1. The zero-order valence-electron chi connectivity index (χ0n) is 27.3. The Labute approximate surface area is 275 Å². The van der Waals surface area contributed by atoms with Gasteiger partial charge in [0.05, 0.1) is 44.0 Å². The van der Waals surface area contributed by atoms with Gasteiger partial charge in [0.15, 0.2) is 0 Å². The number of benzene rings is 3. The summed E-state index contributed by atoms with van der Waals surface area (Å²) in [6, 6.07) is 18.8. The van der Waals surface area contributed by atoms with Crippen molar-refractivity contribution in [3.63, 3.8) is 0 Å². The van der Waals surface area contributed by atoms with E-state index in [9.17, 15) is 23.1 Å². The van der Waals surface area contributed by atoms with Crippen LogP contribution in [0.4, 0.5) is 5.69 Å². The highest BCUT2D eigenvalue weighted by Gasteiger charge is 2.33. The first kappa shape index (κ1) is 34.0. The summed E-state index contributed by atoms with van der Waals surface area (Å²) in [5, 5.41) is 13.9. The molecule has 12 heteroatoms. The molecule has 0 radical (unpaired) electrons. The van der Waals surface area contributed by atoms with E-state index < -0.39 is 22.2 Å². The molecule has 1 aliphatic rings. The van der Waals surface area contributed by atoms with Gasteiger partial charge in [0.2, 0.25) is 21.8 Å². The number of nitrogens with one attached hydrogen (secondary N) is 1. The minimum Gasteiger partial charge on any atom is -0.497 e. The van der Waals surface area contributed by atoms with Crippen LogP contribution in [-0.4, -0.2) is 85.1 Å². The third kappa shape index (κ3) is 7.45. The van der Waals surface area contributed by atoms with Crippen molar-refractivity contribution in [1.82, 2.24) is 13.8 Å². The maximum absolute atomic E-state index is 13.6. The van der Waals surface area contributed by atoms with E-state index in [4.69, 9.17) is 9.47 Å². The van der Waals surface area contributed by atoms with Crippen LogP contribution in [0.25, 0.3) is 10.9 Å². The maximum atomic E-state index is 13.6. The predicted molar refractivity (Wildman–Crippen MR) is 180 cm³/mol. The molecule has 4 aromatic rings. The van der Waals surface area contributed by atoms with Crippen LogP contribution >= 0.6 is 0 Å². The van der Waals surface area contributed by atoms with Crippen LogP contribution in [-0.2, 0) is 39.5 Å². The summed E-state index contributed by atoms with van der Waals surface area (Å²) >= 11 is 0. The lowest BCUT2D eigenvalue weighted by molar-refractivity contribution is -0.134.